The standard InChI is InChI=1S/C20H19N5O3/c1-12-7-6-8-13(2)16(12)21-15(26)11-24-18-17(22-23-24)19(27)25(20(18)28)14-9-4-3-5-10-14/h3-10,17-18H,11H2,1-2H3,(H,21,26)/t17-,18+/m0/s1. The molecule has 0 saturated carbocycles. The first-order valence-electron chi connectivity index (χ1n) is 8.93. The van der Waals surface area contributed by atoms with Crippen molar-refractivity contribution >= 4 is 29.1 Å². The van der Waals surface area contributed by atoms with Crippen LogP contribution in [-0.2, 0) is 14.4 Å². The predicted molar refractivity (Wildman–Crippen MR) is 103 cm³/mol. The minimum absolute atomic E-state index is 0.167. The van der Waals surface area contributed by atoms with Crippen LogP contribution in [0, 0.1) is 13.8 Å². The molecule has 4 rings (SSSR count). The van der Waals surface area contributed by atoms with Crippen molar-refractivity contribution in [1.29, 1.82) is 0 Å². The fraction of sp³-hybridized carbons (Fsp3) is 0.250. The van der Waals surface area contributed by atoms with Crippen LogP contribution in [0.4, 0.5) is 11.4 Å². The molecule has 8 heteroatoms. The van der Waals surface area contributed by atoms with Crippen LogP contribution in [0.25, 0.3) is 0 Å². The van der Waals surface area contributed by atoms with Crippen LogP contribution in [0.5, 0.6) is 0 Å². The van der Waals surface area contributed by atoms with Crippen LogP contribution >= 0.6 is 0 Å². The molecule has 1 saturated heterocycles. The number of carbonyl (C=O) groups excluding carboxylic acids is 3. The highest BCUT2D eigenvalue weighted by Gasteiger charge is 2.55. The van der Waals surface area contributed by atoms with E-state index in [1.165, 1.54) is 5.01 Å². The fourth-order valence-electron chi connectivity index (χ4n) is 3.52. The average Bonchev–Trinajstić information content (AvgIpc) is 3.19. The molecule has 1 N–H and O–H groups in total. The first kappa shape index (κ1) is 17.8. The summed E-state index contributed by atoms with van der Waals surface area (Å²) >= 11 is 0. The number of rotatable bonds is 4. The van der Waals surface area contributed by atoms with Gasteiger partial charge in [-0.1, -0.05) is 41.6 Å². The Morgan fingerprint density at radius 3 is 2.36 bits per heavy atom. The third-order valence-corrected chi connectivity index (χ3v) is 4.92. The molecule has 2 aromatic rings. The number of nitrogens with one attached hydrogen (secondary N) is 1. The quantitative estimate of drug-likeness (QED) is 0.827. The molecule has 0 spiro atoms. The van der Waals surface area contributed by atoms with E-state index in [4.69, 9.17) is 0 Å². The van der Waals surface area contributed by atoms with Gasteiger partial charge in [0.1, 0.15) is 6.54 Å². The van der Waals surface area contributed by atoms with Crippen LogP contribution in [0.1, 0.15) is 11.1 Å². The molecule has 0 aromatic heterocycles. The topological polar surface area (TPSA) is 94.4 Å². The van der Waals surface area contributed by atoms with Crippen LogP contribution < -0.4 is 10.2 Å². The number of benzene rings is 2. The van der Waals surface area contributed by atoms with E-state index in [2.05, 4.69) is 15.7 Å². The Kier molecular flexibility index (Phi) is 4.38. The third kappa shape index (κ3) is 2.92. The highest BCUT2D eigenvalue weighted by molar-refractivity contribution is 6.25. The molecule has 0 unspecified atom stereocenters. The normalized spacial score (nSPS) is 20.6. The number of hydrogen-bond donors (Lipinski definition) is 1. The van der Waals surface area contributed by atoms with Gasteiger partial charge in [0.25, 0.3) is 11.8 Å². The number of fused-ring (bicyclic) bond motifs is 1. The Labute approximate surface area is 161 Å². The smallest absolute Gasteiger partial charge is 0.263 e. The van der Waals surface area contributed by atoms with Gasteiger partial charge < -0.3 is 5.32 Å². The van der Waals surface area contributed by atoms with Crippen LogP contribution in [0.2, 0.25) is 0 Å². The van der Waals surface area contributed by atoms with E-state index in [1.54, 1.807) is 30.3 Å². The number of hydrogen-bond acceptors (Lipinski definition) is 6. The zero-order valence-electron chi connectivity index (χ0n) is 15.5. The molecule has 2 heterocycles. The largest absolute Gasteiger partial charge is 0.324 e. The molecule has 2 aromatic carbocycles. The first-order chi connectivity index (χ1) is 13.5. The summed E-state index contributed by atoms with van der Waals surface area (Å²) in [5.74, 6) is -1.18. The second-order valence-corrected chi connectivity index (χ2v) is 6.85. The molecule has 0 radical (unpaired) electrons. The Hall–Kier alpha value is -3.55. The van der Waals surface area contributed by atoms with Gasteiger partial charge in [0.15, 0.2) is 12.1 Å². The molecular formula is C20H19N5O3. The summed E-state index contributed by atoms with van der Waals surface area (Å²) in [6.07, 6.45) is 0. The maximum atomic E-state index is 12.9. The number of aryl methyl sites for hydroxylation is 2. The van der Waals surface area contributed by atoms with Gasteiger partial charge >= 0.3 is 0 Å². The van der Waals surface area contributed by atoms with Crippen molar-refractivity contribution in [2.45, 2.75) is 25.9 Å². The average molecular weight is 377 g/mol. The maximum Gasteiger partial charge on any atom is 0.263 e. The second-order valence-electron chi connectivity index (χ2n) is 6.85. The lowest BCUT2D eigenvalue weighted by molar-refractivity contribution is -0.123. The van der Waals surface area contributed by atoms with Crippen molar-refractivity contribution in [2.24, 2.45) is 10.3 Å². The number of amides is 3. The van der Waals surface area contributed by atoms with E-state index in [-0.39, 0.29) is 12.5 Å². The highest BCUT2D eigenvalue weighted by Crippen LogP contribution is 2.31. The fourth-order valence-corrected chi connectivity index (χ4v) is 3.52. The monoisotopic (exact) mass is 377 g/mol. The van der Waals surface area contributed by atoms with E-state index in [0.717, 1.165) is 21.7 Å². The van der Waals surface area contributed by atoms with Gasteiger partial charge in [0.2, 0.25) is 5.91 Å². The van der Waals surface area contributed by atoms with Crippen molar-refractivity contribution < 1.29 is 14.4 Å². The van der Waals surface area contributed by atoms with Gasteiger partial charge in [0, 0.05) is 5.69 Å². The Morgan fingerprint density at radius 1 is 1.00 bits per heavy atom. The van der Waals surface area contributed by atoms with E-state index in [0.29, 0.717) is 5.69 Å². The number of anilines is 2. The summed E-state index contributed by atoms with van der Waals surface area (Å²) in [5, 5.41) is 12.0. The summed E-state index contributed by atoms with van der Waals surface area (Å²) in [7, 11) is 0. The molecule has 8 nitrogen and oxygen atoms in total. The zero-order valence-corrected chi connectivity index (χ0v) is 15.5. The molecule has 0 aliphatic carbocycles. The zero-order chi connectivity index (χ0) is 19.8. The van der Waals surface area contributed by atoms with Crippen molar-refractivity contribution in [2.75, 3.05) is 16.8 Å². The molecule has 2 aliphatic heterocycles. The van der Waals surface area contributed by atoms with Gasteiger partial charge in [-0.3, -0.25) is 19.4 Å². The van der Waals surface area contributed by atoms with Gasteiger partial charge in [0.05, 0.1) is 5.69 Å². The predicted octanol–water partition coefficient (Wildman–Crippen LogP) is 2.24. The minimum Gasteiger partial charge on any atom is -0.324 e. The Bertz CT molecular complexity index is 968. The third-order valence-electron chi connectivity index (χ3n) is 4.92. The highest BCUT2D eigenvalue weighted by atomic mass is 16.2. The lowest BCUT2D eigenvalue weighted by Crippen LogP contribution is -2.43. The van der Waals surface area contributed by atoms with E-state index in [9.17, 15) is 14.4 Å². The molecule has 3 amide bonds. The van der Waals surface area contributed by atoms with E-state index >= 15 is 0 Å². The molecule has 2 aliphatic rings. The van der Waals surface area contributed by atoms with Crippen molar-refractivity contribution in [1.82, 2.24) is 5.01 Å². The lowest BCUT2D eigenvalue weighted by atomic mass is 10.1. The SMILES string of the molecule is Cc1cccc(C)c1NC(=O)CN1N=N[C@@H]2C(=O)N(c3ccccc3)C(=O)[C@@H]21. The van der Waals surface area contributed by atoms with Gasteiger partial charge in [-0.2, -0.15) is 5.11 Å². The maximum absolute atomic E-state index is 12.9. The van der Waals surface area contributed by atoms with Gasteiger partial charge in [-0.05, 0) is 37.1 Å². The summed E-state index contributed by atoms with van der Waals surface area (Å²) in [6.45, 7) is 3.65. The van der Waals surface area contributed by atoms with Gasteiger partial charge in [-0.25, -0.2) is 4.90 Å². The number of carbonyl (C=O) groups is 3. The summed E-state index contributed by atoms with van der Waals surface area (Å²) in [4.78, 5) is 39.2. The van der Waals surface area contributed by atoms with E-state index in [1.807, 2.05) is 32.0 Å². The number of nitrogens with zero attached hydrogens (tertiary/aromatic N) is 4. The van der Waals surface area contributed by atoms with Crippen molar-refractivity contribution in [3.05, 3.63) is 59.7 Å². The summed E-state index contributed by atoms with van der Waals surface area (Å²) in [6, 6.07) is 12.6. The van der Waals surface area contributed by atoms with Crippen LogP contribution in [0.3, 0.4) is 0 Å². The molecule has 28 heavy (non-hydrogen) atoms. The Balaban J connectivity index is 1.50. The van der Waals surface area contributed by atoms with Crippen LogP contribution in [-0.4, -0.2) is 41.4 Å². The molecule has 0 bridgehead atoms. The molecule has 142 valence electrons. The first-order valence-corrected chi connectivity index (χ1v) is 8.93. The lowest BCUT2D eigenvalue weighted by Gasteiger charge is -2.20. The van der Waals surface area contributed by atoms with E-state index < -0.39 is 23.9 Å². The summed E-state index contributed by atoms with van der Waals surface area (Å²) in [5.41, 5.74) is 3.11. The summed E-state index contributed by atoms with van der Waals surface area (Å²) < 4.78 is 0. The molecular weight excluding hydrogens is 358 g/mol. The number of imide groups is 1. The minimum atomic E-state index is -0.916. The van der Waals surface area contributed by atoms with Crippen molar-refractivity contribution in [3.63, 3.8) is 0 Å². The second kappa shape index (κ2) is 6.88. The van der Waals surface area contributed by atoms with Gasteiger partial charge in [-0.15, -0.1) is 0 Å². The number of para-hydroxylation sites is 2. The Morgan fingerprint density at radius 2 is 1.68 bits per heavy atom. The molecule has 1 fully saturated rings. The van der Waals surface area contributed by atoms with Crippen LogP contribution in [0.15, 0.2) is 58.9 Å². The van der Waals surface area contributed by atoms with Crippen molar-refractivity contribution in [3.8, 4) is 0 Å². The molecule has 2 atom stereocenters.